The standard InChI is InChI=1S/C15H32N4OS.HI/c1-8-16-14(17-12-15(4,5)21-7)18(6)11-13(20)19(9-2)10-3;/h8-12H2,1-7H3,(H,16,17);1H. The van der Waals surface area contributed by atoms with Crippen molar-refractivity contribution in [3.8, 4) is 0 Å². The number of carbonyl (C=O) groups is 1. The average Bonchev–Trinajstić information content (AvgIpc) is 2.44. The van der Waals surface area contributed by atoms with Crippen LogP contribution in [-0.2, 0) is 4.79 Å². The van der Waals surface area contributed by atoms with Crippen LogP contribution in [0.15, 0.2) is 4.99 Å². The molecule has 7 heteroatoms. The number of carbonyl (C=O) groups excluding carboxylic acids is 1. The summed E-state index contributed by atoms with van der Waals surface area (Å²) in [7, 11) is 1.91. The first-order valence-corrected chi connectivity index (χ1v) is 8.86. The number of hydrogen-bond acceptors (Lipinski definition) is 3. The first kappa shape index (κ1) is 24.1. The Bertz CT molecular complexity index is 346. The quantitative estimate of drug-likeness (QED) is 0.355. The van der Waals surface area contributed by atoms with Crippen molar-refractivity contribution in [2.45, 2.75) is 39.4 Å². The van der Waals surface area contributed by atoms with Crippen molar-refractivity contribution in [1.82, 2.24) is 15.1 Å². The van der Waals surface area contributed by atoms with E-state index in [1.165, 1.54) is 0 Å². The van der Waals surface area contributed by atoms with Crippen molar-refractivity contribution >= 4 is 47.6 Å². The van der Waals surface area contributed by atoms with Crippen LogP contribution in [0.25, 0.3) is 0 Å². The van der Waals surface area contributed by atoms with Crippen LogP contribution in [0.5, 0.6) is 0 Å². The number of nitrogens with one attached hydrogen (secondary N) is 1. The van der Waals surface area contributed by atoms with Gasteiger partial charge in [-0.05, 0) is 40.9 Å². The minimum absolute atomic E-state index is 0. The molecule has 0 bridgehead atoms. The van der Waals surface area contributed by atoms with Gasteiger partial charge in [-0.3, -0.25) is 9.79 Å². The summed E-state index contributed by atoms with van der Waals surface area (Å²) in [6.45, 7) is 13.7. The second-order valence-electron chi connectivity index (χ2n) is 5.56. The molecule has 0 saturated carbocycles. The predicted octanol–water partition coefficient (Wildman–Crippen LogP) is 2.51. The molecule has 0 atom stereocenters. The Hall–Kier alpha value is -0.180. The number of amides is 1. The molecular formula is C15H33IN4OS. The molecule has 132 valence electrons. The van der Waals surface area contributed by atoms with Gasteiger partial charge in [-0.1, -0.05) is 0 Å². The van der Waals surface area contributed by atoms with E-state index in [-0.39, 0.29) is 34.6 Å². The molecule has 0 fully saturated rings. The molecule has 0 aliphatic rings. The van der Waals surface area contributed by atoms with Gasteiger partial charge < -0.3 is 15.1 Å². The van der Waals surface area contributed by atoms with Gasteiger partial charge in [-0.15, -0.1) is 24.0 Å². The van der Waals surface area contributed by atoms with E-state index in [1.807, 2.05) is 37.6 Å². The Balaban J connectivity index is 0. The van der Waals surface area contributed by atoms with Crippen molar-refractivity contribution < 1.29 is 4.79 Å². The maximum atomic E-state index is 12.2. The van der Waals surface area contributed by atoms with Crippen molar-refractivity contribution in [3.05, 3.63) is 0 Å². The zero-order valence-electron chi connectivity index (χ0n) is 15.1. The first-order chi connectivity index (χ1) is 9.81. The fraction of sp³-hybridized carbons (Fsp3) is 0.867. The highest BCUT2D eigenvalue weighted by molar-refractivity contribution is 14.0. The van der Waals surface area contributed by atoms with E-state index in [2.05, 4.69) is 30.4 Å². The SMILES string of the molecule is CCNC(=NCC(C)(C)SC)N(C)CC(=O)N(CC)CC.I. The fourth-order valence-electron chi connectivity index (χ4n) is 1.75. The largest absolute Gasteiger partial charge is 0.357 e. The lowest BCUT2D eigenvalue weighted by molar-refractivity contribution is -0.131. The summed E-state index contributed by atoms with van der Waals surface area (Å²) < 4.78 is 0.102. The summed E-state index contributed by atoms with van der Waals surface area (Å²) in [6.07, 6.45) is 2.09. The van der Waals surface area contributed by atoms with E-state index in [0.29, 0.717) is 6.54 Å². The predicted molar refractivity (Wildman–Crippen MR) is 110 cm³/mol. The van der Waals surface area contributed by atoms with Gasteiger partial charge in [-0.2, -0.15) is 11.8 Å². The van der Waals surface area contributed by atoms with Crippen LogP contribution >= 0.6 is 35.7 Å². The number of nitrogens with zero attached hydrogens (tertiary/aromatic N) is 3. The van der Waals surface area contributed by atoms with Gasteiger partial charge in [0.05, 0.1) is 13.1 Å². The molecule has 22 heavy (non-hydrogen) atoms. The summed E-state index contributed by atoms with van der Waals surface area (Å²) >= 11 is 1.80. The monoisotopic (exact) mass is 444 g/mol. The van der Waals surface area contributed by atoms with Gasteiger partial charge >= 0.3 is 0 Å². The topological polar surface area (TPSA) is 47.9 Å². The zero-order valence-corrected chi connectivity index (χ0v) is 18.2. The molecular weight excluding hydrogens is 411 g/mol. The molecule has 0 aliphatic carbocycles. The van der Waals surface area contributed by atoms with E-state index in [1.54, 1.807) is 11.8 Å². The normalized spacial score (nSPS) is 11.7. The highest BCUT2D eigenvalue weighted by atomic mass is 127. The average molecular weight is 444 g/mol. The number of halogens is 1. The lowest BCUT2D eigenvalue weighted by Crippen LogP contribution is -2.46. The first-order valence-electron chi connectivity index (χ1n) is 7.63. The molecule has 0 aromatic carbocycles. The van der Waals surface area contributed by atoms with Gasteiger partial charge in [0.25, 0.3) is 0 Å². The van der Waals surface area contributed by atoms with Gasteiger partial charge in [0.2, 0.25) is 5.91 Å². The Morgan fingerprint density at radius 1 is 1.23 bits per heavy atom. The maximum absolute atomic E-state index is 12.2. The Kier molecular flexibility index (Phi) is 13.4. The summed E-state index contributed by atoms with van der Waals surface area (Å²) in [5.41, 5.74) is 0. The number of hydrogen-bond donors (Lipinski definition) is 1. The second kappa shape index (κ2) is 12.3. The Morgan fingerprint density at radius 3 is 2.18 bits per heavy atom. The molecule has 1 N–H and O–H groups in total. The van der Waals surface area contributed by atoms with Gasteiger partial charge in [0.15, 0.2) is 5.96 Å². The van der Waals surface area contributed by atoms with Gasteiger partial charge in [-0.25, -0.2) is 0 Å². The van der Waals surface area contributed by atoms with Gasteiger partial charge in [0.1, 0.15) is 0 Å². The van der Waals surface area contributed by atoms with Crippen LogP contribution in [0, 0.1) is 0 Å². The van der Waals surface area contributed by atoms with Crippen LogP contribution in [0.1, 0.15) is 34.6 Å². The fourth-order valence-corrected chi connectivity index (χ4v) is 1.95. The summed E-state index contributed by atoms with van der Waals surface area (Å²) in [4.78, 5) is 20.6. The summed E-state index contributed by atoms with van der Waals surface area (Å²) in [5, 5.41) is 3.26. The van der Waals surface area contributed by atoms with Crippen LogP contribution in [0.2, 0.25) is 0 Å². The van der Waals surface area contributed by atoms with Crippen LogP contribution in [-0.4, -0.2) is 72.4 Å². The van der Waals surface area contributed by atoms with Crippen LogP contribution < -0.4 is 5.32 Å². The molecule has 0 aromatic heterocycles. The van der Waals surface area contributed by atoms with E-state index < -0.39 is 0 Å². The number of likely N-dealkylation sites (N-methyl/N-ethyl adjacent to an activating group) is 2. The second-order valence-corrected chi connectivity index (χ2v) is 7.07. The highest BCUT2D eigenvalue weighted by Crippen LogP contribution is 2.21. The third kappa shape index (κ3) is 9.07. The molecule has 0 aliphatic heterocycles. The molecule has 0 saturated heterocycles. The van der Waals surface area contributed by atoms with Crippen molar-refractivity contribution in [2.75, 3.05) is 46.0 Å². The van der Waals surface area contributed by atoms with Gasteiger partial charge in [0, 0.05) is 31.4 Å². The van der Waals surface area contributed by atoms with Crippen molar-refractivity contribution in [1.29, 1.82) is 0 Å². The molecule has 0 radical (unpaired) electrons. The third-order valence-electron chi connectivity index (χ3n) is 3.35. The van der Waals surface area contributed by atoms with E-state index in [0.717, 1.165) is 32.1 Å². The molecule has 0 spiro atoms. The summed E-state index contributed by atoms with van der Waals surface area (Å²) in [5.74, 6) is 0.928. The van der Waals surface area contributed by atoms with E-state index in [9.17, 15) is 4.79 Å². The third-order valence-corrected chi connectivity index (χ3v) is 4.58. The molecule has 0 rings (SSSR count). The van der Waals surface area contributed by atoms with Crippen LogP contribution in [0.3, 0.4) is 0 Å². The molecule has 5 nitrogen and oxygen atoms in total. The maximum Gasteiger partial charge on any atom is 0.242 e. The number of guanidine groups is 1. The minimum atomic E-state index is 0. The van der Waals surface area contributed by atoms with E-state index in [4.69, 9.17) is 0 Å². The molecule has 0 aromatic rings. The number of rotatable bonds is 8. The lowest BCUT2D eigenvalue weighted by Gasteiger charge is -2.27. The van der Waals surface area contributed by atoms with Crippen LogP contribution in [0.4, 0.5) is 0 Å². The number of thioether (sulfide) groups is 1. The Labute approximate surface area is 157 Å². The summed E-state index contributed by atoms with van der Waals surface area (Å²) in [6, 6.07) is 0. The van der Waals surface area contributed by atoms with E-state index >= 15 is 0 Å². The molecule has 1 amide bonds. The molecule has 0 unspecified atom stereocenters. The lowest BCUT2D eigenvalue weighted by atomic mass is 10.2. The van der Waals surface area contributed by atoms with Crippen molar-refractivity contribution in [2.24, 2.45) is 4.99 Å². The van der Waals surface area contributed by atoms with Crippen molar-refractivity contribution in [3.63, 3.8) is 0 Å². The minimum Gasteiger partial charge on any atom is -0.357 e. The zero-order chi connectivity index (χ0) is 16.5. The highest BCUT2D eigenvalue weighted by Gasteiger charge is 2.18. The Morgan fingerprint density at radius 2 is 1.77 bits per heavy atom. The smallest absolute Gasteiger partial charge is 0.242 e. The molecule has 0 heterocycles. The number of aliphatic imine (C=N–C) groups is 1.